The van der Waals surface area contributed by atoms with Crippen molar-refractivity contribution in [3.63, 3.8) is 0 Å². The number of hydrogen-bond donors (Lipinski definition) is 2. The van der Waals surface area contributed by atoms with E-state index in [2.05, 4.69) is 9.88 Å². The number of carbonyl (C=O) groups is 1. The van der Waals surface area contributed by atoms with Crippen molar-refractivity contribution in [1.82, 2.24) is 24.0 Å². The molecule has 3 N–H and O–H groups in total. The molecule has 1 saturated heterocycles. The van der Waals surface area contributed by atoms with Crippen LogP contribution >= 0.6 is 0 Å². The van der Waals surface area contributed by atoms with Crippen LogP contribution in [0.15, 0.2) is 64.2 Å². The minimum absolute atomic E-state index is 0.0222. The molecule has 3 heterocycles. The van der Waals surface area contributed by atoms with E-state index in [4.69, 9.17) is 10.7 Å². The molecular weight excluding hydrogens is 456 g/mol. The quantitative estimate of drug-likeness (QED) is 0.388. The highest BCUT2D eigenvalue weighted by molar-refractivity contribution is 6.01. The number of para-hydroxylation sites is 2. The van der Waals surface area contributed by atoms with Crippen molar-refractivity contribution in [2.45, 2.75) is 45.3 Å². The summed E-state index contributed by atoms with van der Waals surface area (Å²) >= 11 is 0. The number of piperidine rings is 1. The molecular formula is C27H30N6O3. The van der Waals surface area contributed by atoms with Crippen LogP contribution in [0.2, 0.25) is 0 Å². The van der Waals surface area contributed by atoms with Crippen LogP contribution in [0.4, 0.5) is 5.82 Å². The minimum atomic E-state index is -0.633. The van der Waals surface area contributed by atoms with Gasteiger partial charge in [-0.15, -0.1) is 0 Å². The number of nitrogens with one attached hydrogen (secondary N) is 1. The molecule has 0 saturated carbocycles. The van der Waals surface area contributed by atoms with Gasteiger partial charge >= 0.3 is 5.69 Å². The normalized spacial score (nSPS) is 16.4. The lowest BCUT2D eigenvalue weighted by molar-refractivity contribution is 0.0832. The lowest BCUT2D eigenvalue weighted by Crippen LogP contribution is -2.46. The number of carbonyl (C=O) groups excluding carboxylic acids is 1. The highest BCUT2D eigenvalue weighted by Gasteiger charge is 2.31. The van der Waals surface area contributed by atoms with Gasteiger partial charge in [0.1, 0.15) is 17.2 Å². The molecule has 0 aliphatic carbocycles. The first-order chi connectivity index (χ1) is 17.5. The van der Waals surface area contributed by atoms with Gasteiger partial charge in [-0.05, 0) is 44.0 Å². The molecule has 1 aliphatic rings. The number of imidazole rings is 1. The molecule has 2 aromatic heterocycles. The Bertz CT molecular complexity index is 1490. The van der Waals surface area contributed by atoms with Crippen LogP contribution in [0.25, 0.3) is 11.0 Å². The number of likely N-dealkylation sites (tertiary alicyclic amines) is 1. The summed E-state index contributed by atoms with van der Waals surface area (Å²) in [5.74, 6) is 0.349. The first kappa shape index (κ1) is 23.7. The van der Waals surface area contributed by atoms with Crippen LogP contribution in [0, 0.1) is 0 Å². The number of aromatic nitrogens is 4. The molecule has 5 rings (SSSR count). The number of aromatic amines is 1. The number of nitrogen functional groups attached to an aromatic ring is 1. The highest BCUT2D eigenvalue weighted by Crippen LogP contribution is 2.30. The van der Waals surface area contributed by atoms with Crippen molar-refractivity contribution < 1.29 is 4.79 Å². The summed E-state index contributed by atoms with van der Waals surface area (Å²) in [6.07, 6.45) is 2.83. The fourth-order valence-electron chi connectivity index (χ4n) is 5.06. The summed E-state index contributed by atoms with van der Waals surface area (Å²) in [5.41, 5.74) is 7.77. The Morgan fingerprint density at radius 2 is 1.81 bits per heavy atom. The molecule has 0 radical (unpaired) electrons. The number of rotatable bonds is 7. The maximum atomic E-state index is 13.6. The molecule has 1 aliphatic heterocycles. The van der Waals surface area contributed by atoms with E-state index in [1.54, 1.807) is 6.92 Å². The fraction of sp³-hybridized carbons (Fsp3) is 0.333. The lowest BCUT2D eigenvalue weighted by atomic mass is 10.0. The number of anilines is 1. The third-order valence-corrected chi connectivity index (χ3v) is 6.93. The second-order valence-electron chi connectivity index (χ2n) is 9.21. The number of fused-ring (bicyclic) bond motifs is 1. The van der Waals surface area contributed by atoms with Gasteiger partial charge in [0, 0.05) is 6.54 Å². The standard InChI is InChI=1S/C27H30N6O3/c1-2-32-26(35)23(24(28)33(27(32)36)16-18-10-4-3-5-11-18)22(34)17-31-15-9-8-14-21(31)25-29-19-12-6-7-13-20(19)30-25/h3-7,10-13,21H,2,8-9,14-17,28H2,1H3,(H,29,30). The smallest absolute Gasteiger partial charge is 0.332 e. The van der Waals surface area contributed by atoms with Crippen LogP contribution in [-0.4, -0.2) is 42.9 Å². The van der Waals surface area contributed by atoms with Gasteiger partial charge in [0.25, 0.3) is 5.56 Å². The van der Waals surface area contributed by atoms with Crippen LogP contribution in [0.1, 0.15) is 54.0 Å². The molecule has 36 heavy (non-hydrogen) atoms. The Morgan fingerprint density at radius 1 is 1.06 bits per heavy atom. The molecule has 0 amide bonds. The number of hydrogen-bond acceptors (Lipinski definition) is 6. The van der Waals surface area contributed by atoms with Gasteiger partial charge in [-0.1, -0.05) is 48.9 Å². The predicted octanol–water partition coefficient (Wildman–Crippen LogP) is 2.95. The van der Waals surface area contributed by atoms with E-state index in [1.165, 1.54) is 4.57 Å². The number of Topliss-reactive ketones (excluding diaryl/α,β-unsaturated/α-hetero) is 1. The highest BCUT2D eigenvalue weighted by atomic mass is 16.2. The van der Waals surface area contributed by atoms with Crippen LogP contribution in [0.5, 0.6) is 0 Å². The Kier molecular flexibility index (Phi) is 6.56. The Balaban J connectivity index is 1.49. The number of H-pyrrole nitrogens is 1. The van der Waals surface area contributed by atoms with Crippen LogP contribution in [0.3, 0.4) is 0 Å². The molecule has 9 nitrogen and oxygen atoms in total. The summed E-state index contributed by atoms with van der Waals surface area (Å²) in [6.45, 7) is 2.77. The average molecular weight is 487 g/mol. The van der Waals surface area contributed by atoms with Crippen molar-refractivity contribution in [3.8, 4) is 0 Å². The first-order valence-electron chi connectivity index (χ1n) is 12.4. The van der Waals surface area contributed by atoms with Crippen molar-refractivity contribution in [2.24, 2.45) is 0 Å². The number of nitrogens with zero attached hydrogens (tertiary/aromatic N) is 4. The van der Waals surface area contributed by atoms with Crippen molar-refractivity contribution in [3.05, 3.63) is 92.4 Å². The van der Waals surface area contributed by atoms with Gasteiger partial charge in [-0.2, -0.15) is 0 Å². The van der Waals surface area contributed by atoms with E-state index in [9.17, 15) is 14.4 Å². The van der Waals surface area contributed by atoms with Crippen molar-refractivity contribution in [1.29, 1.82) is 0 Å². The predicted molar refractivity (Wildman–Crippen MR) is 139 cm³/mol. The maximum Gasteiger partial charge on any atom is 0.332 e. The molecule has 2 aromatic carbocycles. The van der Waals surface area contributed by atoms with Crippen LogP contribution < -0.4 is 17.0 Å². The zero-order chi connectivity index (χ0) is 25.2. The third-order valence-electron chi connectivity index (χ3n) is 6.93. The summed E-state index contributed by atoms with van der Waals surface area (Å²) in [6, 6.07) is 17.1. The van der Waals surface area contributed by atoms with E-state index in [-0.39, 0.29) is 42.8 Å². The number of nitrogens with two attached hydrogens (primary N) is 1. The molecule has 186 valence electrons. The van der Waals surface area contributed by atoms with E-state index < -0.39 is 11.2 Å². The average Bonchev–Trinajstić information content (AvgIpc) is 3.32. The maximum absolute atomic E-state index is 13.6. The molecule has 4 aromatic rings. The zero-order valence-electron chi connectivity index (χ0n) is 20.3. The number of benzene rings is 2. The van der Waals surface area contributed by atoms with Gasteiger partial charge in [0.2, 0.25) is 0 Å². The summed E-state index contributed by atoms with van der Waals surface area (Å²) < 4.78 is 2.40. The summed E-state index contributed by atoms with van der Waals surface area (Å²) in [4.78, 5) is 50.1. The Labute approximate surface area is 208 Å². The minimum Gasteiger partial charge on any atom is -0.384 e. The van der Waals surface area contributed by atoms with Gasteiger partial charge in [-0.25, -0.2) is 9.78 Å². The zero-order valence-corrected chi connectivity index (χ0v) is 20.3. The van der Waals surface area contributed by atoms with Gasteiger partial charge in [0.15, 0.2) is 5.78 Å². The van der Waals surface area contributed by atoms with Gasteiger partial charge in [-0.3, -0.25) is 23.6 Å². The molecule has 0 spiro atoms. The fourth-order valence-corrected chi connectivity index (χ4v) is 5.06. The molecule has 9 heteroatoms. The third kappa shape index (κ3) is 4.37. The molecule has 0 bridgehead atoms. The van der Waals surface area contributed by atoms with E-state index in [0.29, 0.717) is 6.54 Å². The number of ketones is 1. The summed E-state index contributed by atoms with van der Waals surface area (Å²) in [7, 11) is 0. The monoisotopic (exact) mass is 486 g/mol. The van der Waals surface area contributed by atoms with Gasteiger partial charge in [0.05, 0.1) is 30.2 Å². The lowest BCUT2D eigenvalue weighted by Gasteiger charge is -2.34. The Morgan fingerprint density at radius 3 is 2.56 bits per heavy atom. The summed E-state index contributed by atoms with van der Waals surface area (Å²) in [5, 5.41) is 0. The SMILES string of the molecule is CCn1c(=O)c(C(=O)CN2CCCCC2c2nc3ccccc3[nH]2)c(N)n(Cc2ccccc2)c1=O. The second-order valence-corrected chi connectivity index (χ2v) is 9.21. The van der Waals surface area contributed by atoms with E-state index >= 15 is 0 Å². The van der Waals surface area contributed by atoms with Gasteiger partial charge < -0.3 is 10.7 Å². The van der Waals surface area contributed by atoms with E-state index in [0.717, 1.165) is 46.3 Å². The topological polar surface area (TPSA) is 119 Å². The van der Waals surface area contributed by atoms with E-state index in [1.807, 2.05) is 54.6 Å². The largest absolute Gasteiger partial charge is 0.384 e. The molecule has 1 fully saturated rings. The van der Waals surface area contributed by atoms with Crippen LogP contribution in [-0.2, 0) is 13.1 Å². The Hall–Kier alpha value is -3.98. The van der Waals surface area contributed by atoms with Crippen molar-refractivity contribution >= 4 is 22.6 Å². The molecule has 1 unspecified atom stereocenters. The second kappa shape index (κ2) is 9.94. The first-order valence-corrected chi connectivity index (χ1v) is 12.4. The molecule has 1 atom stereocenters. The van der Waals surface area contributed by atoms with Crippen molar-refractivity contribution in [2.75, 3.05) is 18.8 Å².